The molecule has 0 fully saturated rings. The van der Waals surface area contributed by atoms with Crippen LogP contribution < -0.4 is 0 Å². The maximum absolute atomic E-state index is 12.6. The molecule has 1 radical (unpaired) electrons. The van der Waals surface area contributed by atoms with E-state index < -0.39 is 5.82 Å². The van der Waals surface area contributed by atoms with Gasteiger partial charge in [-0.2, -0.15) is 0 Å². The van der Waals surface area contributed by atoms with Crippen molar-refractivity contribution in [3.8, 4) is 0 Å². The van der Waals surface area contributed by atoms with E-state index in [2.05, 4.69) is 37.9 Å². The van der Waals surface area contributed by atoms with E-state index in [9.17, 15) is 4.39 Å². The van der Waals surface area contributed by atoms with Crippen LogP contribution in [0.4, 0.5) is 4.39 Å². The SMILES string of the molecule is Fc1c[c]c(Br)c(Cl)c1Br. The van der Waals surface area contributed by atoms with Crippen LogP contribution in [0.1, 0.15) is 0 Å². The third kappa shape index (κ3) is 1.52. The van der Waals surface area contributed by atoms with Gasteiger partial charge < -0.3 is 0 Å². The zero-order chi connectivity index (χ0) is 7.72. The number of benzene rings is 1. The fraction of sp³-hybridized carbons (Fsp3) is 0. The topological polar surface area (TPSA) is 0 Å². The van der Waals surface area contributed by atoms with Gasteiger partial charge >= 0.3 is 0 Å². The summed E-state index contributed by atoms with van der Waals surface area (Å²) in [5.41, 5.74) is 0. The molecule has 0 aliphatic carbocycles. The second-order valence-corrected chi connectivity index (χ2v) is 3.54. The van der Waals surface area contributed by atoms with Crippen LogP contribution in [-0.4, -0.2) is 0 Å². The number of hydrogen-bond donors (Lipinski definition) is 0. The van der Waals surface area contributed by atoms with Crippen molar-refractivity contribution in [2.24, 2.45) is 0 Å². The van der Waals surface area contributed by atoms with Gasteiger partial charge in [0.25, 0.3) is 0 Å². The van der Waals surface area contributed by atoms with Crippen molar-refractivity contribution in [3.05, 3.63) is 31.9 Å². The summed E-state index contributed by atoms with van der Waals surface area (Å²) >= 11 is 11.7. The average Bonchev–Trinajstić information content (AvgIpc) is 1.93. The molecule has 0 aliphatic heterocycles. The normalized spacial score (nSPS) is 10.0. The first-order valence-electron chi connectivity index (χ1n) is 2.33. The van der Waals surface area contributed by atoms with Crippen LogP contribution in [0.15, 0.2) is 15.0 Å². The van der Waals surface area contributed by atoms with E-state index in [0.29, 0.717) is 9.50 Å². The molecule has 53 valence electrons. The van der Waals surface area contributed by atoms with Crippen LogP contribution in [0.5, 0.6) is 0 Å². The summed E-state index contributed by atoms with van der Waals surface area (Å²) in [5, 5.41) is 0.306. The lowest BCUT2D eigenvalue weighted by molar-refractivity contribution is 0.620. The maximum atomic E-state index is 12.6. The second-order valence-electron chi connectivity index (χ2n) is 1.58. The van der Waals surface area contributed by atoms with Crippen molar-refractivity contribution in [2.45, 2.75) is 0 Å². The first-order chi connectivity index (χ1) is 4.63. The van der Waals surface area contributed by atoms with Gasteiger partial charge in [-0.15, -0.1) is 0 Å². The summed E-state index contributed by atoms with van der Waals surface area (Å²) < 4.78 is 13.4. The number of rotatable bonds is 0. The minimum atomic E-state index is -0.409. The van der Waals surface area contributed by atoms with Gasteiger partial charge in [0.2, 0.25) is 0 Å². The molecule has 1 aromatic rings. The molecule has 0 saturated carbocycles. The highest BCUT2D eigenvalue weighted by Crippen LogP contribution is 2.31. The Bertz CT molecular complexity index is 235. The van der Waals surface area contributed by atoms with Gasteiger partial charge in [-0.05, 0) is 37.9 Å². The third-order valence-corrected chi connectivity index (χ3v) is 3.16. The molecular formula is C6HBr2ClF. The molecule has 0 atom stereocenters. The fourth-order valence-corrected chi connectivity index (χ4v) is 1.49. The zero-order valence-corrected chi connectivity index (χ0v) is 8.52. The molecule has 0 spiro atoms. The minimum Gasteiger partial charge on any atom is -0.206 e. The quantitative estimate of drug-likeness (QED) is 0.503. The third-order valence-electron chi connectivity index (χ3n) is 0.921. The number of hydrogen-bond acceptors (Lipinski definition) is 0. The zero-order valence-electron chi connectivity index (χ0n) is 4.59. The maximum Gasteiger partial charge on any atom is 0.139 e. The molecule has 0 aliphatic rings. The molecule has 0 saturated heterocycles. The molecule has 0 aromatic heterocycles. The van der Waals surface area contributed by atoms with Crippen molar-refractivity contribution in [3.63, 3.8) is 0 Å². The van der Waals surface area contributed by atoms with Crippen LogP contribution in [0, 0.1) is 11.9 Å². The van der Waals surface area contributed by atoms with Gasteiger partial charge in [-0.3, -0.25) is 0 Å². The molecule has 0 bridgehead atoms. The molecule has 1 aromatic carbocycles. The Morgan fingerprint density at radius 1 is 1.50 bits per heavy atom. The Labute approximate surface area is 79.6 Å². The molecule has 0 amide bonds. The molecule has 1 rings (SSSR count). The lowest BCUT2D eigenvalue weighted by Crippen LogP contribution is -1.78. The number of halogens is 4. The van der Waals surface area contributed by atoms with Crippen molar-refractivity contribution in [2.75, 3.05) is 0 Å². The second kappa shape index (κ2) is 3.20. The van der Waals surface area contributed by atoms with Crippen molar-refractivity contribution >= 4 is 43.5 Å². The highest BCUT2D eigenvalue weighted by Gasteiger charge is 2.06. The van der Waals surface area contributed by atoms with Gasteiger partial charge in [0.05, 0.1) is 9.50 Å². The first kappa shape index (κ1) is 8.50. The van der Waals surface area contributed by atoms with E-state index in [-0.39, 0.29) is 4.47 Å². The summed E-state index contributed by atoms with van der Waals surface area (Å²) in [6.45, 7) is 0. The fourth-order valence-electron chi connectivity index (χ4n) is 0.455. The monoisotopic (exact) mass is 285 g/mol. The van der Waals surface area contributed by atoms with Crippen molar-refractivity contribution < 1.29 is 4.39 Å². The van der Waals surface area contributed by atoms with Crippen LogP contribution in [0.25, 0.3) is 0 Å². The van der Waals surface area contributed by atoms with Crippen LogP contribution in [0.2, 0.25) is 5.02 Å². The summed E-state index contributed by atoms with van der Waals surface area (Å²) in [4.78, 5) is 0. The summed E-state index contributed by atoms with van der Waals surface area (Å²) in [5.74, 6) is -0.409. The van der Waals surface area contributed by atoms with Gasteiger partial charge in [-0.1, -0.05) is 11.6 Å². The summed E-state index contributed by atoms with van der Waals surface area (Å²) in [6, 6.07) is 3.80. The van der Waals surface area contributed by atoms with Gasteiger partial charge in [0, 0.05) is 10.5 Å². The van der Waals surface area contributed by atoms with Crippen LogP contribution in [-0.2, 0) is 0 Å². The van der Waals surface area contributed by atoms with E-state index in [4.69, 9.17) is 11.6 Å². The smallest absolute Gasteiger partial charge is 0.139 e. The molecular weight excluding hydrogens is 286 g/mol. The molecule has 4 heteroatoms. The average molecular weight is 287 g/mol. The lowest BCUT2D eigenvalue weighted by Gasteiger charge is -1.97. The van der Waals surface area contributed by atoms with Gasteiger partial charge in [0.15, 0.2) is 0 Å². The molecule has 0 nitrogen and oxygen atoms in total. The summed E-state index contributed by atoms with van der Waals surface area (Å²) in [6.07, 6.45) is 0. The van der Waals surface area contributed by atoms with Gasteiger partial charge in [0.1, 0.15) is 5.82 Å². The Balaban J connectivity index is 3.34. The van der Waals surface area contributed by atoms with E-state index in [0.717, 1.165) is 0 Å². The largest absolute Gasteiger partial charge is 0.206 e. The van der Waals surface area contributed by atoms with E-state index in [1.807, 2.05) is 0 Å². The van der Waals surface area contributed by atoms with Crippen molar-refractivity contribution in [1.29, 1.82) is 0 Å². The van der Waals surface area contributed by atoms with E-state index in [1.165, 1.54) is 6.07 Å². The highest BCUT2D eigenvalue weighted by molar-refractivity contribution is 9.11. The first-order valence-corrected chi connectivity index (χ1v) is 4.30. The Hall–Kier alpha value is 0.400. The molecule has 0 N–H and O–H groups in total. The van der Waals surface area contributed by atoms with Crippen LogP contribution in [0.3, 0.4) is 0 Å². The predicted molar refractivity (Wildman–Crippen MR) is 45.6 cm³/mol. The molecule has 10 heavy (non-hydrogen) atoms. The molecule has 0 unspecified atom stereocenters. The van der Waals surface area contributed by atoms with E-state index in [1.54, 1.807) is 0 Å². The summed E-state index contributed by atoms with van der Waals surface area (Å²) in [7, 11) is 0. The van der Waals surface area contributed by atoms with Gasteiger partial charge in [-0.25, -0.2) is 4.39 Å². The Morgan fingerprint density at radius 3 is 2.60 bits per heavy atom. The minimum absolute atomic E-state index is 0.264. The highest BCUT2D eigenvalue weighted by atomic mass is 79.9. The van der Waals surface area contributed by atoms with E-state index >= 15 is 0 Å². The standard InChI is InChI=1S/C6HBr2ClF/c7-3-1-2-4(10)5(8)6(3)9/h2H. The van der Waals surface area contributed by atoms with Crippen LogP contribution >= 0.6 is 43.5 Å². The Kier molecular flexibility index (Phi) is 2.72. The van der Waals surface area contributed by atoms with Crippen molar-refractivity contribution in [1.82, 2.24) is 0 Å². The Morgan fingerprint density at radius 2 is 2.10 bits per heavy atom. The molecule has 0 heterocycles. The lowest BCUT2D eigenvalue weighted by atomic mass is 10.3. The predicted octanol–water partition coefficient (Wildman–Crippen LogP) is 3.80.